The maximum atomic E-state index is 2.52. The van der Waals surface area contributed by atoms with E-state index in [2.05, 4.69) is 220 Å². The Morgan fingerprint density at radius 2 is 1.12 bits per heavy atom. The zero-order chi connectivity index (χ0) is 44.8. The van der Waals surface area contributed by atoms with Crippen molar-refractivity contribution in [3.8, 4) is 11.1 Å². The summed E-state index contributed by atoms with van der Waals surface area (Å²) in [6.07, 6.45) is 17.1. The third-order valence-corrected chi connectivity index (χ3v) is 15.4. The molecule has 328 valence electrons. The zero-order valence-electron chi connectivity index (χ0n) is 39.3. The minimum Gasteiger partial charge on any atom is -0.310 e. The summed E-state index contributed by atoms with van der Waals surface area (Å²) < 4.78 is 0. The third kappa shape index (κ3) is 7.27. The van der Waals surface area contributed by atoms with Gasteiger partial charge in [0.1, 0.15) is 0 Å². The van der Waals surface area contributed by atoms with Crippen LogP contribution < -0.4 is 9.80 Å². The van der Waals surface area contributed by atoms with Crippen LogP contribution in [0.1, 0.15) is 123 Å². The van der Waals surface area contributed by atoms with Crippen molar-refractivity contribution in [2.75, 3.05) is 9.80 Å². The highest BCUT2D eigenvalue weighted by Gasteiger charge is 2.45. The molecule has 1 saturated carbocycles. The lowest BCUT2D eigenvalue weighted by molar-refractivity contribution is 0.530. The van der Waals surface area contributed by atoms with Gasteiger partial charge in [-0.05, 0) is 154 Å². The first-order chi connectivity index (χ1) is 32.3. The van der Waals surface area contributed by atoms with Crippen LogP contribution in [-0.2, 0) is 17.3 Å². The zero-order valence-corrected chi connectivity index (χ0v) is 39.3. The summed E-state index contributed by atoms with van der Waals surface area (Å²) in [4.78, 5) is 5.03. The van der Waals surface area contributed by atoms with Crippen molar-refractivity contribution in [2.24, 2.45) is 0 Å². The van der Waals surface area contributed by atoms with Gasteiger partial charge in [0.05, 0.1) is 11.4 Å². The fraction of sp³-hybridized carbons (Fsp3) is 0.250. The Hall–Kier alpha value is -6.64. The molecule has 8 aromatic rings. The third-order valence-electron chi connectivity index (χ3n) is 15.4. The molecule has 8 aromatic carbocycles. The summed E-state index contributed by atoms with van der Waals surface area (Å²) in [7, 11) is 0. The summed E-state index contributed by atoms with van der Waals surface area (Å²) in [5.41, 5.74) is 21.1. The first-order valence-electron chi connectivity index (χ1n) is 24.8. The highest BCUT2D eigenvalue weighted by Crippen LogP contribution is 2.58. The first-order valence-corrected chi connectivity index (χ1v) is 24.8. The minimum atomic E-state index is -0.158. The summed E-state index contributed by atoms with van der Waals surface area (Å²) in [6.45, 7) is 9.34. The second-order valence-corrected chi connectivity index (χ2v) is 19.9. The lowest BCUT2D eigenvalue weighted by atomic mass is 9.69. The molecule has 3 aliphatic rings. The van der Waals surface area contributed by atoms with E-state index in [0.29, 0.717) is 0 Å². The molecule has 0 unspecified atom stereocenters. The average Bonchev–Trinajstić information content (AvgIpc) is 3.93. The molecule has 0 N–H and O–H groups in total. The van der Waals surface area contributed by atoms with Gasteiger partial charge in [-0.2, -0.15) is 0 Å². The molecule has 66 heavy (non-hydrogen) atoms. The molecule has 0 radical (unpaired) electrons. The molecule has 0 bridgehead atoms. The maximum absolute atomic E-state index is 2.52. The van der Waals surface area contributed by atoms with E-state index in [1.54, 1.807) is 0 Å². The Balaban J connectivity index is 0.871. The normalized spacial score (nSPS) is 15.2. The number of hydrogen-bond acceptors (Lipinski definition) is 2. The van der Waals surface area contributed by atoms with Crippen LogP contribution in [0.15, 0.2) is 170 Å². The number of hydrogen-bond donors (Lipinski definition) is 0. The van der Waals surface area contributed by atoms with Crippen molar-refractivity contribution in [1.82, 2.24) is 0 Å². The van der Waals surface area contributed by atoms with Gasteiger partial charge in [-0.15, -0.1) is 0 Å². The smallest absolute Gasteiger partial charge is 0.0502 e. The predicted molar refractivity (Wildman–Crippen MR) is 283 cm³/mol. The molecule has 0 aromatic heterocycles. The van der Waals surface area contributed by atoms with Gasteiger partial charge in [0.15, 0.2) is 0 Å². The Morgan fingerprint density at radius 1 is 0.530 bits per heavy atom. The second kappa shape index (κ2) is 17.3. The summed E-state index contributed by atoms with van der Waals surface area (Å²) >= 11 is 0. The van der Waals surface area contributed by atoms with E-state index < -0.39 is 0 Å². The fourth-order valence-corrected chi connectivity index (χ4v) is 12.0. The molecule has 2 heteroatoms. The summed E-state index contributed by atoms with van der Waals surface area (Å²) in [5.74, 6) is 0. The second-order valence-electron chi connectivity index (χ2n) is 19.9. The monoisotopic (exact) mass is 858 g/mol. The number of nitrogens with zero attached hydrogens (tertiary/aromatic N) is 2. The van der Waals surface area contributed by atoms with Gasteiger partial charge in [-0.3, -0.25) is 0 Å². The molecular weight excluding hydrogens is 797 g/mol. The van der Waals surface area contributed by atoms with Crippen LogP contribution in [0.25, 0.3) is 34.1 Å². The number of rotatable bonds is 12. The average molecular weight is 859 g/mol. The molecule has 1 heterocycles. The van der Waals surface area contributed by atoms with E-state index in [-0.39, 0.29) is 10.8 Å². The van der Waals surface area contributed by atoms with Crippen LogP contribution in [0.3, 0.4) is 0 Å². The summed E-state index contributed by atoms with van der Waals surface area (Å²) in [6, 6.07) is 64.4. The highest BCUT2D eigenvalue weighted by molar-refractivity contribution is 5.94. The highest BCUT2D eigenvalue weighted by atomic mass is 15.2. The van der Waals surface area contributed by atoms with Crippen molar-refractivity contribution in [2.45, 2.75) is 103 Å². The molecule has 11 rings (SSSR count). The maximum Gasteiger partial charge on any atom is 0.0502 e. The molecule has 2 nitrogen and oxygen atoms in total. The van der Waals surface area contributed by atoms with E-state index in [0.717, 1.165) is 6.42 Å². The van der Waals surface area contributed by atoms with E-state index >= 15 is 0 Å². The Bertz CT molecular complexity index is 3070. The van der Waals surface area contributed by atoms with Gasteiger partial charge < -0.3 is 9.80 Å². The molecular formula is C64H62N2. The number of para-hydroxylation sites is 4. The molecule has 0 amide bonds. The first kappa shape index (κ1) is 42.0. The Kier molecular flexibility index (Phi) is 11.0. The van der Waals surface area contributed by atoms with Gasteiger partial charge in [0.25, 0.3) is 0 Å². The lowest BCUT2D eigenvalue weighted by Crippen LogP contribution is -2.33. The molecule has 1 spiro atoms. The van der Waals surface area contributed by atoms with Crippen LogP contribution in [0, 0.1) is 6.92 Å². The van der Waals surface area contributed by atoms with Gasteiger partial charge in [-0.25, -0.2) is 0 Å². The van der Waals surface area contributed by atoms with Crippen molar-refractivity contribution >= 4 is 57.0 Å². The summed E-state index contributed by atoms with van der Waals surface area (Å²) in [5, 5.41) is 2.51. The number of unbranched alkanes of at least 4 members (excludes halogenated alkanes) is 4. The van der Waals surface area contributed by atoms with Crippen LogP contribution in [0.4, 0.5) is 34.1 Å². The number of fused-ring (bicyclic) bond motifs is 8. The minimum absolute atomic E-state index is 0.119. The van der Waals surface area contributed by atoms with Crippen molar-refractivity contribution in [3.63, 3.8) is 0 Å². The quantitative estimate of drug-likeness (QED) is 0.0892. The number of aryl methyl sites for hydroxylation is 2. The fourth-order valence-electron chi connectivity index (χ4n) is 12.0. The van der Waals surface area contributed by atoms with Crippen molar-refractivity contribution in [1.29, 1.82) is 0 Å². The van der Waals surface area contributed by atoms with E-state index in [1.807, 2.05) is 0 Å². The Labute approximate surface area is 393 Å². The SMILES string of the molecule is CCCCCCCc1ccccc1N(c1ccc2c(c1)C(C)(C)c1cc(C=Cc3ccc4cc(N5c6ccccc6C6(CCCC6)c6ccccc65)ccc4c3)ccc1-2)c1ccccc1C. The number of benzene rings is 8. The van der Waals surface area contributed by atoms with Crippen LogP contribution in [0.5, 0.6) is 0 Å². The standard InChI is InChI=1S/C64H62N2/c1-5-6-7-8-9-21-48-22-11-15-26-60(48)65(59-25-14-10-20-45(59)2)52-36-38-54-53-37-32-47(42-57(53)63(3,4)58(54)44-52)30-29-46-31-33-50-43-51(35-34-49(50)41-46)66-61-27-16-12-23-55(61)64(39-18-19-40-64)56-24-13-17-28-62(56)66/h10-17,20,22-38,41-44H,5-9,18-19,21,39-40H2,1-4H3. The van der Waals surface area contributed by atoms with Crippen molar-refractivity contribution in [3.05, 3.63) is 214 Å². The van der Waals surface area contributed by atoms with Crippen LogP contribution >= 0.6 is 0 Å². The van der Waals surface area contributed by atoms with E-state index in [4.69, 9.17) is 0 Å². The van der Waals surface area contributed by atoms with Crippen molar-refractivity contribution < 1.29 is 0 Å². The predicted octanol–water partition coefficient (Wildman–Crippen LogP) is 18.3. The van der Waals surface area contributed by atoms with E-state index in [9.17, 15) is 0 Å². The number of anilines is 6. The van der Waals surface area contributed by atoms with E-state index in [1.165, 1.54) is 158 Å². The molecule has 1 aliphatic heterocycles. The topological polar surface area (TPSA) is 6.48 Å². The molecule has 1 fully saturated rings. The van der Waals surface area contributed by atoms with Gasteiger partial charge in [0.2, 0.25) is 0 Å². The molecule has 2 aliphatic carbocycles. The van der Waals surface area contributed by atoms with Crippen LogP contribution in [0.2, 0.25) is 0 Å². The molecule has 0 saturated heterocycles. The van der Waals surface area contributed by atoms with Gasteiger partial charge in [-0.1, -0.05) is 187 Å². The lowest BCUT2D eigenvalue weighted by Gasteiger charge is -2.44. The van der Waals surface area contributed by atoms with Gasteiger partial charge in [0, 0.05) is 33.6 Å². The van der Waals surface area contributed by atoms with Gasteiger partial charge >= 0.3 is 0 Å². The largest absolute Gasteiger partial charge is 0.310 e. The Morgan fingerprint density at radius 3 is 1.86 bits per heavy atom. The molecule has 0 atom stereocenters. The van der Waals surface area contributed by atoms with Crippen LogP contribution in [-0.4, -0.2) is 0 Å².